The Morgan fingerprint density at radius 1 is 0.424 bits per heavy atom. The van der Waals surface area contributed by atoms with Crippen molar-refractivity contribution >= 4 is 98.5 Å². The second-order valence-electron chi connectivity index (χ2n) is 17.4. The molecule has 0 bridgehead atoms. The van der Waals surface area contributed by atoms with Crippen LogP contribution in [0.3, 0.4) is 0 Å². The van der Waals surface area contributed by atoms with Gasteiger partial charge in [-0.2, -0.15) is 0 Å². The van der Waals surface area contributed by atoms with Gasteiger partial charge < -0.3 is 14.3 Å². The summed E-state index contributed by atoms with van der Waals surface area (Å²) in [5.74, 6) is 1.37. The van der Waals surface area contributed by atoms with Gasteiger partial charge in [0.1, 0.15) is 23.2 Å². The smallest absolute Gasteiger partial charge is 0.159 e. The van der Waals surface area contributed by atoms with E-state index in [1.165, 1.54) is 37.7 Å². The van der Waals surface area contributed by atoms with Gasteiger partial charge in [-0.1, -0.05) is 176 Å². The first-order chi connectivity index (χ1) is 32.7. The number of amidine groups is 2. The number of rotatable bonds is 5. The SMILES string of the molecule is c1ccc(-c2cccc(C3=NC(c4ccc5ccccc5c4)NC(c4cc(-n5c6cc7ccccc7cc6c6ccc7ccccc7c65)c5c(c4)oc4c6ccccc6ccc45)=N3)c2)cc1. The van der Waals surface area contributed by atoms with Crippen LogP contribution < -0.4 is 5.32 Å². The van der Waals surface area contributed by atoms with Crippen molar-refractivity contribution in [1.82, 2.24) is 9.88 Å². The van der Waals surface area contributed by atoms with E-state index in [1.54, 1.807) is 0 Å². The average molecular weight is 843 g/mol. The lowest BCUT2D eigenvalue weighted by Gasteiger charge is -2.24. The minimum absolute atomic E-state index is 0.417. The molecule has 0 aliphatic carbocycles. The van der Waals surface area contributed by atoms with Gasteiger partial charge in [0, 0.05) is 38.1 Å². The zero-order valence-electron chi connectivity index (χ0n) is 35.6. The van der Waals surface area contributed by atoms with Gasteiger partial charge in [0.2, 0.25) is 0 Å². The van der Waals surface area contributed by atoms with Crippen molar-refractivity contribution in [2.24, 2.45) is 9.98 Å². The zero-order chi connectivity index (χ0) is 43.3. The number of fused-ring (bicyclic) bond motifs is 12. The first kappa shape index (κ1) is 36.7. The summed E-state index contributed by atoms with van der Waals surface area (Å²) >= 11 is 0. The fourth-order valence-electron chi connectivity index (χ4n) is 10.4. The first-order valence-electron chi connectivity index (χ1n) is 22.5. The topological polar surface area (TPSA) is 54.8 Å². The van der Waals surface area contributed by atoms with E-state index in [-0.39, 0.29) is 0 Å². The molecule has 13 aromatic rings. The molecule has 0 amide bonds. The van der Waals surface area contributed by atoms with Crippen LogP contribution in [0.2, 0.25) is 0 Å². The van der Waals surface area contributed by atoms with Gasteiger partial charge in [0.25, 0.3) is 0 Å². The van der Waals surface area contributed by atoms with E-state index in [2.05, 4.69) is 228 Å². The Bertz CT molecular complexity index is 4210. The number of aliphatic imine (C=N–C) groups is 2. The van der Waals surface area contributed by atoms with E-state index in [4.69, 9.17) is 14.4 Å². The summed E-state index contributed by atoms with van der Waals surface area (Å²) < 4.78 is 9.61. The van der Waals surface area contributed by atoms with Crippen LogP contribution in [-0.2, 0) is 0 Å². The fraction of sp³-hybridized carbons (Fsp3) is 0.0164. The molecule has 0 radical (unpaired) electrons. The second-order valence-corrected chi connectivity index (χ2v) is 17.4. The first-order valence-corrected chi connectivity index (χ1v) is 22.5. The maximum Gasteiger partial charge on any atom is 0.159 e. The number of aromatic nitrogens is 1. The van der Waals surface area contributed by atoms with Crippen molar-refractivity contribution in [2.75, 3.05) is 0 Å². The van der Waals surface area contributed by atoms with E-state index >= 15 is 0 Å². The summed E-state index contributed by atoms with van der Waals surface area (Å²) in [4.78, 5) is 10.8. The number of hydrogen-bond donors (Lipinski definition) is 1. The van der Waals surface area contributed by atoms with Crippen LogP contribution in [0.5, 0.6) is 0 Å². The molecule has 0 fully saturated rings. The highest BCUT2D eigenvalue weighted by molar-refractivity contribution is 6.24. The van der Waals surface area contributed by atoms with Crippen LogP contribution >= 0.6 is 0 Å². The third-order valence-electron chi connectivity index (χ3n) is 13.5. The number of nitrogens with one attached hydrogen (secondary N) is 1. The molecule has 5 heteroatoms. The molecule has 3 heterocycles. The molecule has 1 unspecified atom stereocenters. The summed E-state index contributed by atoms with van der Waals surface area (Å²) in [5, 5.41) is 17.7. The Balaban J connectivity index is 1.07. The zero-order valence-corrected chi connectivity index (χ0v) is 35.6. The molecule has 308 valence electrons. The normalized spacial score (nSPS) is 14.2. The monoisotopic (exact) mass is 842 g/mol. The lowest BCUT2D eigenvalue weighted by molar-refractivity contribution is 0.669. The summed E-state index contributed by atoms with van der Waals surface area (Å²) in [6.45, 7) is 0. The third kappa shape index (κ3) is 5.73. The van der Waals surface area contributed by atoms with Crippen LogP contribution in [0.1, 0.15) is 22.9 Å². The maximum absolute atomic E-state index is 7.13. The predicted octanol–water partition coefficient (Wildman–Crippen LogP) is 15.5. The van der Waals surface area contributed by atoms with E-state index in [1.807, 2.05) is 0 Å². The number of benzene rings is 11. The molecular weight excluding hydrogens is 805 g/mol. The molecule has 1 N–H and O–H groups in total. The summed E-state index contributed by atoms with van der Waals surface area (Å²) in [5.41, 5.74) is 10.1. The van der Waals surface area contributed by atoms with Crippen LogP contribution in [0, 0.1) is 0 Å². The lowest BCUT2D eigenvalue weighted by atomic mass is 10.0. The van der Waals surface area contributed by atoms with E-state index in [0.29, 0.717) is 11.7 Å². The molecule has 0 saturated carbocycles. The minimum atomic E-state index is -0.417. The van der Waals surface area contributed by atoms with Crippen molar-refractivity contribution in [3.63, 3.8) is 0 Å². The molecule has 2 aromatic heterocycles. The van der Waals surface area contributed by atoms with Crippen LogP contribution in [0.4, 0.5) is 0 Å². The fourth-order valence-corrected chi connectivity index (χ4v) is 10.4. The van der Waals surface area contributed by atoms with Crippen LogP contribution in [-0.4, -0.2) is 16.2 Å². The van der Waals surface area contributed by atoms with E-state index in [0.717, 1.165) is 82.6 Å². The van der Waals surface area contributed by atoms with Gasteiger partial charge in [0.15, 0.2) is 5.84 Å². The Morgan fingerprint density at radius 3 is 1.88 bits per heavy atom. The van der Waals surface area contributed by atoms with Gasteiger partial charge in [-0.05, 0) is 91.5 Å². The van der Waals surface area contributed by atoms with Gasteiger partial charge in [-0.3, -0.25) is 0 Å². The summed E-state index contributed by atoms with van der Waals surface area (Å²) in [7, 11) is 0. The van der Waals surface area contributed by atoms with Crippen molar-refractivity contribution < 1.29 is 4.42 Å². The number of furan rings is 1. The van der Waals surface area contributed by atoms with E-state index in [9.17, 15) is 0 Å². The van der Waals surface area contributed by atoms with Gasteiger partial charge >= 0.3 is 0 Å². The Hall–Kier alpha value is -8.80. The largest absolute Gasteiger partial charge is 0.455 e. The summed E-state index contributed by atoms with van der Waals surface area (Å²) in [6, 6.07) is 78.2. The molecular formula is C61H38N4O. The predicted molar refractivity (Wildman–Crippen MR) is 275 cm³/mol. The quantitative estimate of drug-likeness (QED) is 0.188. The molecule has 1 aliphatic rings. The molecule has 1 aliphatic heterocycles. The van der Waals surface area contributed by atoms with Crippen molar-refractivity contribution in [2.45, 2.75) is 6.17 Å². The summed E-state index contributed by atoms with van der Waals surface area (Å²) in [6.07, 6.45) is -0.417. The molecule has 0 saturated heterocycles. The lowest BCUT2D eigenvalue weighted by Crippen LogP contribution is -2.33. The Morgan fingerprint density at radius 2 is 1.06 bits per heavy atom. The molecule has 66 heavy (non-hydrogen) atoms. The minimum Gasteiger partial charge on any atom is -0.455 e. The second kappa shape index (κ2) is 14.4. The van der Waals surface area contributed by atoms with E-state index < -0.39 is 6.17 Å². The van der Waals surface area contributed by atoms with Crippen LogP contribution in [0.25, 0.3) is 104 Å². The van der Waals surface area contributed by atoms with Gasteiger partial charge in [0.05, 0.1) is 22.1 Å². The molecule has 1 atom stereocenters. The molecule has 14 rings (SSSR count). The van der Waals surface area contributed by atoms with Gasteiger partial charge in [-0.15, -0.1) is 0 Å². The highest BCUT2D eigenvalue weighted by Crippen LogP contribution is 2.44. The van der Waals surface area contributed by atoms with Crippen molar-refractivity contribution in [1.29, 1.82) is 0 Å². The number of nitrogens with zero attached hydrogens (tertiary/aromatic N) is 3. The van der Waals surface area contributed by atoms with Crippen molar-refractivity contribution in [3.8, 4) is 16.8 Å². The van der Waals surface area contributed by atoms with Crippen molar-refractivity contribution in [3.05, 3.63) is 235 Å². The van der Waals surface area contributed by atoms with Gasteiger partial charge in [-0.25, -0.2) is 9.98 Å². The Kier molecular flexibility index (Phi) is 7.98. The number of hydrogen-bond acceptors (Lipinski definition) is 4. The highest BCUT2D eigenvalue weighted by atomic mass is 16.3. The molecule has 5 nitrogen and oxygen atoms in total. The average Bonchev–Trinajstić information content (AvgIpc) is 3.93. The van der Waals surface area contributed by atoms with Crippen LogP contribution in [0.15, 0.2) is 233 Å². The maximum atomic E-state index is 7.13. The third-order valence-corrected chi connectivity index (χ3v) is 13.5. The molecule has 0 spiro atoms. The highest BCUT2D eigenvalue weighted by Gasteiger charge is 2.26. The Labute approximate surface area is 379 Å². The standard InChI is InChI=1S/C61H38N4O/c1-2-13-37(14-3-1)42-21-12-22-45(31-42)59-62-60(46-26-25-38-15-4-5-18-41(38)32-46)64-61(63-59)47-35-54(56-51-30-28-40-17-9-11-24-49(40)58(51)66-55(56)36-47)65-53-34-44-20-7-6-19-43(44)33-52(53)50-29-27-39-16-8-10-23-48(39)57(50)65/h1-36,60H,(H,62,63,64). The molecule has 11 aromatic carbocycles.